The van der Waals surface area contributed by atoms with Gasteiger partial charge in [0.15, 0.2) is 0 Å². The van der Waals surface area contributed by atoms with Gasteiger partial charge in [0.05, 0.1) is 0 Å². The van der Waals surface area contributed by atoms with Crippen LogP contribution < -0.4 is 24.8 Å². The molecule has 2 aliphatic rings. The summed E-state index contributed by atoms with van der Waals surface area (Å²) >= 11 is 1.93. The summed E-state index contributed by atoms with van der Waals surface area (Å²) in [6, 6.07) is 0. The van der Waals surface area contributed by atoms with Crippen LogP contribution in [-0.4, -0.2) is 5.75 Å². The number of hydrogen-bond donors (Lipinski definition) is 0. The van der Waals surface area contributed by atoms with Crippen LogP contribution >= 0.6 is 11.8 Å². The molecule has 1 aliphatic carbocycles. The van der Waals surface area contributed by atoms with Crippen molar-refractivity contribution in [3.63, 3.8) is 0 Å². The second kappa shape index (κ2) is 6.48. The molecule has 0 fully saturated rings. The SMILES string of the molecule is CC1=CC2=CCSC2=C1.[Cl-].[Cl-].[Zr+2]. The third kappa shape index (κ3) is 3.07. The molecule has 2 rings (SSSR count). The maximum atomic E-state index is 2.28. The average molecular weight is 298 g/mol. The van der Waals surface area contributed by atoms with Crippen molar-refractivity contribution < 1.29 is 51.0 Å². The third-order valence-electron chi connectivity index (χ3n) is 1.57. The van der Waals surface area contributed by atoms with Gasteiger partial charge in [-0.05, 0) is 24.1 Å². The van der Waals surface area contributed by atoms with Crippen LogP contribution in [0.2, 0.25) is 0 Å². The quantitative estimate of drug-likeness (QED) is 0.447. The first-order valence-corrected chi connectivity index (χ1v) is 4.08. The summed E-state index contributed by atoms with van der Waals surface area (Å²) in [5.74, 6) is 1.17. The molecule has 0 aromatic rings. The van der Waals surface area contributed by atoms with Crippen LogP contribution in [0.5, 0.6) is 0 Å². The first-order valence-electron chi connectivity index (χ1n) is 3.09. The molecule has 12 heavy (non-hydrogen) atoms. The zero-order valence-corrected chi connectivity index (χ0v) is 11.4. The Morgan fingerprint density at radius 3 is 2.50 bits per heavy atom. The molecule has 0 amide bonds. The topological polar surface area (TPSA) is 0 Å². The molecular weight excluding hydrogens is 290 g/mol. The Labute approximate surface area is 109 Å². The van der Waals surface area contributed by atoms with E-state index in [1.54, 1.807) is 0 Å². The summed E-state index contributed by atoms with van der Waals surface area (Å²) in [6.07, 6.45) is 6.78. The maximum Gasteiger partial charge on any atom is 2.00 e. The first-order chi connectivity index (χ1) is 4.36. The molecule has 0 aromatic carbocycles. The number of allylic oxidation sites excluding steroid dienone is 4. The van der Waals surface area contributed by atoms with Crippen LogP contribution in [0, 0.1) is 0 Å². The minimum Gasteiger partial charge on any atom is -1.00 e. The average Bonchev–Trinajstić information content (AvgIpc) is 2.22. The van der Waals surface area contributed by atoms with Crippen LogP contribution in [0.15, 0.2) is 34.3 Å². The van der Waals surface area contributed by atoms with E-state index < -0.39 is 0 Å². The molecule has 0 atom stereocenters. The predicted molar refractivity (Wildman–Crippen MR) is 42.4 cm³/mol. The van der Waals surface area contributed by atoms with Crippen LogP contribution in [0.25, 0.3) is 0 Å². The molecule has 64 valence electrons. The van der Waals surface area contributed by atoms with Gasteiger partial charge in [-0.1, -0.05) is 12.2 Å². The van der Waals surface area contributed by atoms with Gasteiger partial charge >= 0.3 is 26.2 Å². The minimum atomic E-state index is 0. The smallest absolute Gasteiger partial charge is 1.00 e. The Kier molecular flexibility index (Phi) is 8.37. The van der Waals surface area contributed by atoms with Gasteiger partial charge in [0.25, 0.3) is 0 Å². The van der Waals surface area contributed by atoms with Crippen molar-refractivity contribution in [3.05, 3.63) is 34.3 Å². The summed E-state index contributed by atoms with van der Waals surface area (Å²) in [6.45, 7) is 2.15. The van der Waals surface area contributed by atoms with Crippen molar-refractivity contribution in [3.8, 4) is 0 Å². The molecule has 0 nitrogen and oxygen atoms in total. The number of rotatable bonds is 0. The van der Waals surface area contributed by atoms with Crippen molar-refractivity contribution in [1.82, 2.24) is 0 Å². The summed E-state index contributed by atoms with van der Waals surface area (Å²) in [4.78, 5) is 1.47. The molecule has 0 saturated heterocycles. The number of halogens is 2. The van der Waals surface area contributed by atoms with Gasteiger partial charge in [0.2, 0.25) is 0 Å². The molecule has 0 bridgehead atoms. The van der Waals surface area contributed by atoms with E-state index in [1.165, 1.54) is 21.8 Å². The monoisotopic (exact) mass is 296 g/mol. The Morgan fingerprint density at radius 2 is 1.92 bits per heavy atom. The van der Waals surface area contributed by atoms with Gasteiger partial charge in [-0.25, -0.2) is 0 Å². The number of thioether (sulfide) groups is 1. The maximum absolute atomic E-state index is 2.28. The molecule has 0 unspecified atom stereocenters. The standard InChI is InChI=1S/C8H8S.2ClH.Zr/c1-6-4-7-2-3-9-8(7)5-6;;;/h2,4-5H,3H2,1H3;2*1H;/q;;;+2/p-2. The van der Waals surface area contributed by atoms with Gasteiger partial charge in [0.1, 0.15) is 0 Å². The van der Waals surface area contributed by atoms with E-state index in [9.17, 15) is 0 Å². The summed E-state index contributed by atoms with van der Waals surface area (Å²) in [7, 11) is 0. The van der Waals surface area contributed by atoms with Crippen molar-refractivity contribution in [2.45, 2.75) is 6.92 Å². The Hall–Kier alpha value is 1.03. The fourth-order valence-electron chi connectivity index (χ4n) is 1.15. The predicted octanol–water partition coefficient (Wildman–Crippen LogP) is -3.49. The Balaban J connectivity index is 0. The van der Waals surface area contributed by atoms with Gasteiger partial charge in [-0.3, -0.25) is 0 Å². The van der Waals surface area contributed by atoms with Gasteiger partial charge < -0.3 is 24.8 Å². The van der Waals surface area contributed by atoms with Crippen molar-refractivity contribution in [2.75, 3.05) is 5.75 Å². The first kappa shape index (κ1) is 15.5. The summed E-state index contributed by atoms with van der Waals surface area (Å²) in [5, 5.41) is 0. The van der Waals surface area contributed by atoms with Crippen LogP contribution in [0.3, 0.4) is 0 Å². The van der Waals surface area contributed by atoms with Crippen molar-refractivity contribution >= 4 is 11.8 Å². The van der Waals surface area contributed by atoms with Crippen LogP contribution in [0.4, 0.5) is 0 Å². The molecule has 0 saturated carbocycles. The molecule has 0 spiro atoms. The largest absolute Gasteiger partial charge is 2.00 e. The Morgan fingerprint density at radius 1 is 1.25 bits per heavy atom. The van der Waals surface area contributed by atoms with Gasteiger partial charge in [-0.2, -0.15) is 0 Å². The van der Waals surface area contributed by atoms with E-state index >= 15 is 0 Å². The number of fused-ring (bicyclic) bond motifs is 1. The fraction of sp³-hybridized carbons (Fsp3) is 0.250. The molecule has 0 radical (unpaired) electrons. The van der Waals surface area contributed by atoms with Crippen molar-refractivity contribution in [2.24, 2.45) is 0 Å². The second-order valence-electron chi connectivity index (χ2n) is 2.37. The minimum absolute atomic E-state index is 0. The summed E-state index contributed by atoms with van der Waals surface area (Å²) in [5.41, 5.74) is 2.83. The van der Waals surface area contributed by atoms with E-state index in [2.05, 4.69) is 25.2 Å². The van der Waals surface area contributed by atoms with Crippen molar-refractivity contribution in [1.29, 1.82) is 0 Å². The summed E-state index contributed by atoms with van der Waals surface area (Å²) < 4.78 is 0. The Bertz CT molecular complexity index is 243. The molecular formula is C8H8Cl2SZr. The van der Waals surface area contributed by atoms with Crippen LogP contribution in [0.1, 0.15) is 6.92 Å². The van der Waals surface area contributed by atoms with E-state index in [0.29, 0.717) is 0 Å². The zero-order chi connectivity index (χ0) is 6.27. The van der Waals surface area contributed by atoms with Gasteiger partial charge in [-0.15, -0.1) is 11.8 Å². The number of hydrogen-bond acceptors (Lipinski definition) is 1. The van der Waals surface area contributed by atoms with E-state index in [-0.39, 0.29) is 51.0 Å². The third-order valence-corrected chi connectivity index (χ3v) is 2.57. The fourth-order valence-corrected chi connectivity index (χ4v) is 2.17. The van der Waals surface area contributed by atoms with Crippen LogP contribution in [-0.2, 0) is 26.2 Å². The van der Waals surface area contributed by atoms with E-state index in [0.717, 1.165) is 0 Å². The molecule has 1 heterocycles. The van der Waals surface area contributed by atoms with E-state index in [4.69, 9.17) is 0 Å². The molecule has 1 aliphatic heterocycles. The molecule has 4 heteroatoms. The zero-order valence-electron chi connectivity index (χ0n) is 6.60. The molecule has 0 N–H and O–H groups in total. The molecule has 0 aromatic heterocycles. The van der Waals surface area contributed by atoms with E-state index in [1.807, 2.05) is 11.8 Å². The normalized spacial score (nSPS) is 17.2. The second-order valence-corrected chi connectivity index (χ2v) is 3.43. The van der Waals surface area contributed by atoms with Gasteiger partial charge in [0, 0.05) is 10.7 Å².